The van der Waals surface area contributed by atoms with E-state index in [0.717, 1.165) is 17.0 Å². The maximum absolute atomic E-state index is 12.9. The maximum Gasteiger partial charge on any atom is 0.410 e. The Labute approximate surface area is 153 Å². The van der Waals surface area contributed by atoms with Gasteiger partial charge in [0, 0.05) is 18.8 Å². The molecule has 2 heterocycles. The molecule has 1 aromatic rings. The summed E-state index contributed by atoms with van der Waals surface area (Å²) in [5.41, 5.74) is 1.11. The van der Waals surface area contributed by atoms with Gasteiger partial charge < -0.3 is 9.64 Å². The Balaban J connectivity index is 1.79. The number of fused-ring (bicyclic) bond motifs is 1. The first-order valence-corrected chi connectivity index (χ1v) is 9.06. The molecule has 2 bridgehead atoms. The van der Waals surface area contributed by atoms with E-state index < -0.39 is 16.4 Å². The molecule has 0 unspecified atom stereocenters. The largest absolute Gasteiger partial charge is 0.444 e. The van der Waals surface area contributed by atoms with Crippen LogP contribution in [0.2, 0.25) is 0 Å². The minimum atomic E-state index is -0.832. The smallest absolute Gasteiger partial charge is 0.410 e. The lowest BCUT2D eigenvalue weighted by molar-refractivity contribution is -0.120. The van der Waals surface area contributed by atoms with Crippen LogP contribution in [0.25, 0.3) is 0 Å². The van der Waals surface area contributed by atoms with Crippen molar-refractivity contribution in [3.05, 3.63) is 42.0 Å². The topological polar surface area (TPSA) is 59.0 Å². The lowest BCUT2D eigenvalue weighted by Crippen LogP contribution is -2.52. The fourth-order valence-corrected chi connectivity index (χ4v) is 4.34. The molecule has 1 saturated heterocycles. The van der Waals surface area contributed by atoms with Crippen LogP contribution in [-0.2, 0) is 14.9 Å². The molecule has 1 aromatic carbocycles. The Morgan fingerprint density at radius 3 is 2.73 bits per heavy atom. The van der Waals surface area contributed by atoms with Crippen molar-refractivity contribution in [1.29, 1.82) is 0 Å². The zero-order valence-corrected chi connectivity index (χ0v) is 15.7. The van der Waals surface area contributed by atoms with Gasteiger partial charge in [0.1, 0.15) is 5.60 Å². The number of allylic oxidation sites excluding steroid dienone is 2. The number of ether oxygens (including phenoxy) is 1. The second-order valence-corrected chi connectivity index (χ2v) is 8.63. The second kappa shape index (κ2) is 5.29. The van der Waals surface area contributed by atoms with Gasteiger partial charge in [-0.05, 0) is 51.8 Å². The highest BCUT2D eigenvalue weighted by Crippen LogP contribution is 2.52. The summed E-state index contributed by atoms with van der Waals surface area (Å²) in [6.07, 6.45) is 3.99. The molecule has 0 aromatic heterocycles. The summed E-state index contributed by atoms with van der Waals surface area (Å²) in [5.74, 6) is -0.00450. The van der Waals surface area contributed by atoms with Crippen LogP contribution in [0.3, 0.4) is 0 Å². The number of carbonyl (C=O) groups excluding carboxylic acids is 2. The quantitative estimate of drug-likeness (QED) is 0.714. The first-order chi connectivity index (χ1) is 12.2. The van der Waals surface area contributed by atoms with E-state index in [1.165, 1.54) is 0 Å². The Morgan fingerprint density at radius 1 is 1.27 bits per heavy atom. The molecule has 1 amide bonds. The van der Waals surface area contributed by atoms with Crippen molar-refractivity contribution >= 4 is 23.3 Å². The van der Waals surface area contributed by atoms with Gasteiger partial charge in [-0.1, -0.05) is 24.3 Å². The highest BCUT2D eigenvalue weighted by molar-refractivity contribution is 6.23. The minimum Gasteiger partial charge on any atom is -0.444 e. The summed E-state index contributed by atoms with van der Waals surface area (Å²) in [5, 5.41) is 0. The summed E-state index contributed by atoms with van der Waals surface area (Å²) in [7, 11) is 0. The first-order valence-electron chi connectivity index (χ1n) is 9.06. The molecular formula is C21H24N2O3. The number of aliphatic imine (C=N–C) groups is 1. The zero-order valence-electron chi connectivity index (χ0n) is 15.7. The van der Waals surface area contributed by atoms with Gasteiger partial charge in [0.05, 0.1) is 16.5 Å². The van der Waals surface area contributed by atoms with Crippen LogP contribution in [0.1, 0.15) is 39.7 Å². The van der Waals surface area contributed by atoms with Crippen molar-refractivity contribution in [1.82, 2.24) is 4.90 Å². The minimum absolute atomic E-state index is 0.00450. The summed E-state index contributed by atoms with van der Waals surface area (Å²) in [6, 6.07) is 8.05. The number of carbonyl (C=O) groups is 2. The molecule has 1 fully saturated rings. The van der Waals surface area contributed by atoms with E-state index >= 15 is 0 Å². The first kappa shape index (κ1) is 17.0. The van der Waals surface area contributed by atoms with Crippen LogP contribution in [0.4, 0.5) is 10.5 Å². The highest BCUT2D eigenvalue weighted by atomic mass is 16.6. The number of hydrogen-bond donors (Lipinski definition) is 0. The van der Waals surface area contributed by atoms with E-state index in [4.69, 9.17) is 9.73 Å². The summed E-state index contributed by atoms with van der Waals surface area (Å²) >= 11 is 0. The van der Waals surface area contributed by atoms with Crippen LogP contribution in [0, 0.1) is 5.41 Å². The molecule has 3 aliphatic rings. The van der Waals surface area contributed by atoms with Crippen LogP contribution >= 0.6 is 0 Å². The number of amides is 1. The molecule has 5 heteroatoms. The van der Waals surface area contributed by atoms with Gasteiger partial charge in [-0.15, -0.1) is 0 Å². The molecule has 136 valence electrons. The zero-order chi connectivity index (χ0) is 18.7. The predicted octanol–water partition coefficient (Wildman–Crippen LogP) is 3.80. The van der Waals surface area contributed by atoms with Crippen molar-refractivity contribution in [3.63, 3.8) is 0 Å². The fraction of sp³-hybridized carbons (Fsp3) is 0.476. The van der Waals surface area contributed by atoms with Crippen molar-refractivity contribution < 1.29 is 14.3 Å². The van der Waals surface area contributed by atoms with E-state index in [1.807, 2.05) is 52.0 Å². The Morgan fingerprint density at radius 2 is 2.00 bits per heavy atom. The fourth-order valence-electron chi connectivity index (χ4n) is 4.34. The third-order valence-corrected chi connectivity index (χ3v) is 5.56. The number of benzene rings is 1. The van der Waals surface area contributed by atoms with Gasteiger partial charge in [0.15, 0.2) is 5.78 Å². The van der Waals surface area contributed by atoms with Gasteiger partial charge in [-0.2, -0.15) is 0 Å². The molecule has 2 atom stereocenters. The average molecular weight is 352 g/mol. The molecule has 1 aliphatic carbocycles. The van der Waals surface area contributed by atoms with Crippen LogP contribution in [0.5, 0.6) is 0 Å². The van der Waals surface area contributed by atoms with Gasteiger partial charge in [-0.25, -0.2) is 4.79 Å². The number of rotatable bonds is 0. The highest BCUT2D eigenvalue weighted by Gasteiger charge is 2.57. The summed E-state index contributed by atoms with van der Waals surface area (Å²) < 4.78 is 5.57. The SMILES string of the molecule is CC(C)(C)OC(=O)N1CC[C@]23C=CC(=O)[C@](C)(C1)C2=Nc1ccccc13. The van der Waals surface area contributed by atoms with Crippen molar-refractivity contribution in [2.24, 2.45) is 10.4 Å². The monoisotopic (exact) mass is 352 g/mol. The van der Waals surface area contributed by atoms with Crippen molar-refractivity contribution in [2.75, 3.05) is 13.1 Å². The molecule has 5 nitrogen and oxygen atoms in total. The summed E-state index contributed by atoms with van der Waals surface area (Å²) in [6.45, 7) is 8.27. The van der Waals surface area contributed by atoms with E-state index in [2.05, 4.69) is 6.07 Å². The lowest BCUT2D eigenvalue weighted by atomic mass is 9.62. The van der Waals surface area contributed by atoms with Gasteiger partial charge in [0.25, 0.3) is 0 Å². The Hall–Kier alpha value is -2.43. The van der Waals surface area contributed by atoms with E-state index in [1.54, 1.807) is 11.0 Å². The number of para-hydroxylation sites is 1. The van der Waals surface area contributed by atoms with Gasteiger partial charge >= 0.3 is 6.09 Å². The third kappa shape index (κ3) is 2.33. The van der Waals surface area contributed by atoms with Crippen LogP contribution < -0.4 is 0 Å². The number of nitrogens with zero attached hydrogens (tertiary/aromatic N) is 2. The van der Waals surface area contributed by atoms with Crippen LogP contribution in [0.15, 0.2) is 41.4 Å². The molecule has 2 aliphatic heterocycles. The standard InChI is InChI=1S/C21H24N2O3/c1-19(2,3)26-18(25)23-12-11-21-10-9-16(24)20(4,13-23)17(21)22-15-8-6-5-7-14(15)21/h5-10H,11-13H2,1-4H3/t20-,21-/m0/s1. The van der Waals surface area contributed by atoms with Crippen LogP contribution in [-0.4, -0.2) is 41.2 Å². The molecule has 0 saturated carbocycles. The normalized spacial score (nSPS) is 29.6. The molecule has 0 radical (unpaired) electrons. The Kier molecular flexibility index (Phi) is 3.46. The molecule has 0 spiro atoms. The number of hydrogen-bond acceptors (Lipinski definition) is 4. The summed E-state index contributed by atoms with van der Waals surface area (Å²) in [4.78, 5) is 32.1. The van der Waals surface area contributed by atoms with Crippen molar-refractivity contribution in [2.45, 2.75) is 45.1 Å². The second-order valence-electron chi connectivity index (χ2n) is 8.63. The van der Waals surface area contributed by atoms with Crippen molar-refractivity contribution in [3.8, 4) is 0 Å². The molecule has 4 rings (SSSR count). The van der Waals surface area contributed by atoms with Gasteiger partial charge in [-0.3, -0.25) is 9.79 Å². The van der Waals surface area contributed by atoms with E-state index in [9.17, 15) is 9.59 Å². The van der Waals surface area contributed by atoms with E-state index in [-0.39, 0.29) is 11.9 Å². The predicted molar refractivity (Wildman–Crippen MR) is 99.9 cm³/mol. The lowest BCUT2D eigenvalue weighted by Gasteiger charge is -2.38. The molecule has 26 heavy (non-hydrogen) atoms. The third-order valence-electron chi connectivity index (χ3n) is 5.56. The van der Waals surface area contributed by atoms with E-state index in [0.29, 0.717) is 19.5 Å². The average Bonchev–Trinajstić information content (AvgIpc) is 2.86. The van der Waals surface area contributed by atoms with Gasteiger partial charge in [0.2, 0.25) is 0 Å². The number of ketones is 1. The molecular weight excluding hydrogens is 328 g/mol. The Bertz CT molecular complexity index is 864. The number of likely N-dealkylation sites (tertiary alicyclic amines) is 1. The maximum atomic E-state index is 12.9. The molecule has 0 N–H and O–H groups in total.